The van der Waals surface area contributed by atoms with Crippen LogP contribution in [0.1, 0.15) is 28.7 Å². The maximum absolute atomic E-state index is 11.7. The SMILES string of the molecule is CN1CC[C@]23c4c5ccc(OCc6cccnc6)c4O[C@@]2(Cc2cccnc2)[C@@H](O)C=C[C@H]3[C@H]1C5. The Hall–Kier alpha value is -3.22. The number of piperidine rings is 1. The van der Waals surface area contributed by atoms with E-state index in [1.165, 1.54) is 11.1 Å². The molecule has 2 aliphatic carbocycles. The van der Waals surface area contributed by atoms with E-state index in [1.54, 1.807) is 12.4 Å². The molecule has 0 amide bonds. The van der Waals surface area contributed by atoms with Crippen LogP contribution in [0.15, 0.2) is 73.3 Å². The highest BCUT2D eigenvalue weighted by molar-refractivity contribution is 5.64. The van der Waals surface area contributed by atoms with Crippen molar-refractivity contribution in [1.82, 2.24) is 14.9 Å². The average Bonchev–Trinajstić information content (AvgIpc) is 3.19. The first kappa shape index (κ1) is 21.1. The Bertz CT molecular complexity index is 1300. The van der Waals surface area contributed by atoms with Gasteiger partial charge in [0, 0.05) is 54.3 Å². The fraction of sp³-hybridized carbons (Fsp3) is 0.379. The molecule has 5 atom stereocenters. The van der Waals surface area contributed by atoms with Crippen molar-refractivity contribution < 1.29 is 14.6 Å². The minimum Gasteiger partial charge on any atom is -0.485 e. The van der Waals surface area contributed by atoms with Crippen LogP contribution in [0, 0.1) is 5.92 Å². The van der Waals surface area contributed by atoms with E-state index in [0.29, 0.717) is 19.1 Å². The number of rotatable bonds is 5. The van der Waals surface area contributed by atoms with Gasteiger partial charge in [-0.15, -0.1) is 0 Å². The topological polar surface area (TPSA) is 67.7 Å². The fourth-order valence-electron chi connectivity index (χ4n) is 7.29. The number of nitrogens with zero attached hydrogens (tertiary/aromatic N) is 3. The summed E-state index contributed by atoms with van der Waals surface area (Å²) in [4.78, 5) is 11.1. The Morgan fingerprint density at radius 2 is 1.89 bits per heavy atom. The molecule has 1 spiro atoms. The number of benzene rings is 1. The normalized spacial score (nSPS) is 32.1. The van der Waals surface area contributed by atoms with Crippen molar-refractivity contribution in [2.45, 2.75) is 49.0 Å². The summed E-state index contributed by atoms with van der Waals surface area (Å²) in [6.45, 7) is 1.39. The van der Waals surface area contributed by atoms with Crippen LogP contribution >= 0.6 is 0 Å². The first-order chi connectivity index (χ1) is 17.1. The maximum atomic E-state index is 11.7. The zero-order valence-corrected chi connectivity index (χ0v) is 19.8. The second-order valence-electron chi connectivity index (χ2n) is 10.4. The quantitative estimate of drug-likeness (QED) is 0.580. The number of pyridine rings is 2. The number of hydrogen-bond acceptors (Lipinski definition) is 6. The molecule has 0 radical (unpaired) electrons. The van der Waals surface area contributed by atoms with Crippen molar-refractivity contribution in [2.24, 2.45) is 5.92 Å². The lowest BCUT2D eigenvalue weighted by Crippen LogP contribution is -2.71. The average molecular weight is 468 g/mol. The van der Waals surface area contributed by atoms with Crippen LogP contribution in [0.3, 0.4) is 0 Å². The van der Waals surface area contributed by atoms with Gasteiger partial charge in [-0.3, -0.25) is 9.97 Å². The first-order valence-electron chi connectivity index (χ1n) is 12.4. The molecule has 4 heterocycles. The van der Waals surface area contributed by atoms with Gasteiger partial charge in [0.1, 0.15) is 12.7 Å². The van der Waals surface area contributed by atoms with Gasteiger partial charge in [-0.2, -0.15) is 0 Å². The summed E-state index contributed by atoms with van der Waals surface area (Å²) < 4.78 is 13.4. The molecule has 1 aromatic carbocycles. The number of ether oxygens (including phenoxy) is 2. The third-order valence-electron chi connectivity index (χ3n) is 8.82. The Morgan fingerprint density at radius 1 is 1.09 bits per heavy atom. The molecule has 4 aliphatic rings. The van der Waals surface area contributed by atoms with Crippen LogP contribution in [-0.4, -0.2) is 51.3 Å². The van der Waals surface area contributed by atoms with Crippen molar-refractivity contribution in [3.63, 3.8) is 0 Å². The van der Waals surface area contributed by atoms with E-state index in [-0.39, 0.29) is 11.3 Å². The molecule has 7 rings (SSSR count). The van der Waals surface area contributed by atoms with Crippen LogP contribution in [0.2, 0.25) is 0 Å². The molecule has 0 unspecified atom stereocenters. The number of aromatic nitrogens is 2. The largest absolute Gasteiger partial charge is 0.485 e. The van der Waals surface area contributed by atoms with Crippen LogP contribution < -0.4 is 9.47 Å². The van der Waals surface area contributed by atoms with Gasteiger partial charge in [0.25, 0.3) is 0 Å². The molecular weight excluding hydrogens is 438 g/mol. The summed E-state index contributed by atoms with van der Waals surface area (Å²) in [5.74, 6) is 1.82. The van der Waals surface area contributed by atoms with E-state index < -0.39 is 11.7 Å². The van der Waals surface area contributed by atoms with Gasteiger partial charge in [-0.1, -0.05) is 30.4 Å². The fourth-order valence-corrected chi connectivity index (χ4v) is 7.29. The maximum Gasteiger partial charge on any atom is 0.166 e. The van der Waals surface area contributed by atoms with E-state index in [9.17, 15) is 5.11 Å². The number of likely N-dealkylation sites (N-methyl/N-ethyl adjacent to an activating group) is 1. The Balaban J connectivity index is 1.40. The molecule has 3 aromatic rings. The summed E-state index contributed by atoms with van der Waals surface area (Å²) in [5.41, 5.74) is 3.53. The van der Waals surface area contributed by atoms with E-state index in [1.807, 2.05) is 42.7 Å². The van der Waals surface area contributed by atoms with Crippen LogP contribution in [0.4, 0.5) is 0 Å². The molecule has 2 bridgehead atoms. The van der Waals surface area contributed by atoms with Crippen LogP contribution in [0.5, 0.6) is 11.5 Å². The van der Waals surface area contributed by atoms with Crippen molar-refractivity contribution in [3.8, 4) is 11.5 Å². The summed E-state index contributed by atoms with van der Waals surface area (Å²) in [6.07, 6.45) is 13.3. The second-order valence-corrected chi connectivity index (χ2v) is 10.4. The third-order valence-corrected chi connectivity index (χ3v) is 8.82. The molecule has 2 aliphatic heterocycles. The molecule has 1 fully saturated rings. The van der Waals surface area contributed by atoms with Crippen LogP contribution in [-0.2, 0) is 24.9 Å². The predicted molar refractivity (Wildman–Crippen MR) is 131 cm³/mol. The second kappa shape index (κ2) is 7.64. The molecule has 178 valence electrons. The molecule has 2 aromatic heterocycles. The van der Waals surface area contributed by atoms with Gasteiger partial charge in [0.2, 0.25) is 0 Å². The summed E-state index contributed by atoms with van der Waals surface area (Å²) in [7, 11) is 2.23. The first-order valence-corrected chi connectivity index (χ1v) is 12.4. The highest BCUT2D eigenvalue weighted by Gasteiger charge is 2.71. The molecule has 6 nitrogen and oxygen atoms in total. The van der Waals surface area contributed by atoms with Crippen molar-refractivity contribution >= 4 is 0 Å². The lowest BCUT2D eigenvalue weighted by molar-refractivity contribution is -0.121. The highest BCUT2D eigenvalue weighted by Crippen LogP contribution is 2.67. The lowest BCUT2D eigenvalue weighted by atomic mass is 9.48. The smallest absolute Gasteiger partial charge is 0.166 e. The molecule has 1 N–H and O–H groups in total. The lowest BCUT2D eigenvalue weighted by Gasteiger charge is -2.61. The zero-order valence-electron chi connectivity index (χ0n) is 19.8. The number of likely N-dealkylation sites (tertiary alicyclic amines) is 1. The molecule has 35 heavy (non-hydrogen) atoms. The Morgan fingerprint density at radius 3 is 2.66 bits per heavy atom. The minimum absolute atomic E-state index is 0.267. The summed E-state index contributed by atoms with van der Waals surface area (Å²) in [6, 6.07) is 12.6. The van der Waals surface area contributed by atoms with Crippen LogP contribution in [0.25, 0.3) is 0 Å². The Kier molecular flexibility index (Phi) is 4.60. The van der Waals surface area contributed by atoms with E-state index in [0.717, 1.165) is 42.0 Å². The summed E-state index contributed by atoms with van der Waals surface area (Å²) in [5, 5.41) is 11.7. The van der Waals surface area contributed by atoms with Gasteiger partial charge < -0.3 is 19.5 Å². The van der Waals surface area contributed by atoms with Gasteiger partial charge in [0.05, 0.1) is 5.41 Å². The number of hydrogen-bond donors (Lipinski definition) is 1. The van der Waals surface area contributed by atoms with Gasteiger partial charge in [-0.25, -0.2) is 0 Å². The molecule has 1 saturated heterocycles. The van der Waals surface area contributed by atoms with Crippen molar-refractivity contribution in [1.29, 1.82) is 0 Å². The predicted octanol–water partition coefficient (Wildman–Crippen LogP) is 3.47. The van der Waals surface area contributed by atoms with Gasteiger partial charge in [0.15, 0.2) is 17.1 Å². The minimum atomic E-state index is -0.805. The van der Waals surface area contributed by atoms with E-state index in [4.69, 9.17) is 9.47 Å². The van der Waals surface area contributed by atoms with Gasteiger partial charge in [-0.05, 0) is 55.8 Å². The molecular formula is C29H29N3O3. The van der Waals surface area contributed by atoms with E-state index >= 15 is 0 Å². The Labute approximate surface area is 205 Å². The zero-order chi connectivity index (χ0) is 23.6. The number of aliphatic hydroxyl groups excluding tert-OH is 1. The summed E-state index contributed by atoms with van der Waals surface area (Å²) >= 11 is 0. The molecule has 6 heteroatoms. The molecule has 0 saturated carbocycles. The highest BCUT2D eigenvalue weighted by atomic mass is 16.5. The van der Waals surface area contributed by atoms with Gasteiger partial charge >= 0.3 is 0 Å². The van der Waals surface area contributed by atoms with Crippen molar-refractivity contribution in [3.05, 3.63) is 95.6 Å². The standard InChI is InChI=1S/C29H29N3O3/c1-32-13-10-28-22-7-9-25(33)29(28,15-19-4-2-11-30-16-19)35-27-24(34-18-20-5-3-12-31-17-20)8-6-21(26(27)28)14-23(22)32/h2-9,11-12,16-17,22-23,25,33H,10,13-15,18H2,1H3/t22-,23+,25-,28-,29-/m0/s1. The van der Waals surface area contributed by atoms with Crippen molar-refractivity contribution in [2.75, 3.05) is 13.6 Å². The monoisotopic (exact) mass is 467 g/mol. The van der Waals surface area contributed by atoms with E-state index in [2.05, 4.69) is 40.1 Å². The third kappa shape index (κ3) is 2.84. The number of aliphatic hydroxyl groups is 1.